The summed E-state index contributed by atoms with van der Waals surface area (Å²) in [5.74, 6) is -0.703. The summed E-state index contributed by atoms with van der Waals surface area (Å²) in [7, 11) is 1.39. The molecule has 0 aliphatic rings. The molecule has 0 radical (unpaired) electrons. The van der Waals surface area contributed by atoms with E-state index in [1.54, 1.807) is 18.5 Å². The smallest absolute Gasteiger partial charge is 0.193 e. The summed E-state index contributed by atoms with van der Waals surface area (Å²) in [5, 5.41) is 1.97. The number of hydrogen-bond donors (Lipinski definition) is 0. The van der Waals surface area contributed by atoms with Crippen LogP contribution in [0.5, 0.6) is 5.75 Å². The second-order valence-electron chi connectivity index (χ2n) is 6.17. The lowest BCUT2D eigenvalue weighted by Crippen LogP contribution is -2.05. The zero-order valence-electron chi connectivity index (χ0n) is 14.6. The number of hydrogen-bond acceptors (Lipinski definition) is 3. The molecule has 3 aromatic carbocycles. The van der Waals surface area contributed by atoms with Crippen LogP contribution in [0.2, 0.25) is 0 Å². The summed E-state index contributed by atoms with van der Waals surface area (Å²) in [6.45, 7) is 0. The van der Waals surface area contributed by atoms with Gasteiger partial charge in [0.15, 0.2) is 17.3 Å². The third-order valence-electron chi connectivity index (χ3n) is 4.52. The van der Waals surface area contributed by atoms with Gasteiger partial charge in [-0.2, -0.15) is 0 Å². The van der Waals surface area contributed by atoms with Crippen molar-refractivity contribution >= 4 is 16.6 Å². The molecule has 0 unspecified atom stereocenters. The van der Waals surface area contributed by atoms with Crippen molar-refractivity contribution < 1.29 is 13.9 Å². The number of nitrogens with zero attached hydrogens (tertiary/aromatic N) is 1. The van der Waals surface area contributed by atoms with E-state index >= 15 is 0 Å². The van der Waals surface area contributed by atoms with Crippen molar-refractivity contribution in [1.82, 2.24) is 4.98 Å². The Kier molecular flexibility index (Phi) is 4.38. The van der Waals surface area contributed by atoms with Crippen molar-refractivity contribution in [3.8, 4) is 16.9 Å². The van der Waals surface area contributed by atoms with Crippen LogP contribution in [0, 0.1) is 5.82 Å². The van der Waals surface area contributed by atoms with Gasteiger partial charge in [0, 0.05) is 29.1 Å². The quantitative estimate of drug-likeness (QED) is 0.467. The Morgan fingerprint density at radius 1 is 0.963 bits per heavy atom. The summed E-state index contributed by atoms with van der Waals surface area (Å²) >= 11 is 0. The molecule has 0 N–H and O–H groups in total. The molecule has 1 heterocycles. The Labute approximate surface area is 156 Å². The number of aromatic nitrogens is 1. The van der Waals surface area contributed by atoms with Crippen molar-refractivity contribution in [2.24, 2.45) is 0 Å². The van der Waals surface area contributed by atoms with Crippen LogP contribution in [0.1, 0.15) is 15.9 Å². The zero-order valence-corrected chi connectivity index (χ0v) is 14.6. The lowest BCUT2D eigenvalue weighted by molar-refractivity contribution is 0.103. The fourth-order valence-electron chi connectivity index (χ4n) is 3.15. The van der Waals surface area contributed by atoms with Crippen molar-refractivity contribution in [1.29, 1.82) is 0 Å². The number of ether oxygens (including phenoxy) is 1. The largest absolute Gasteiger partial charge is 0.494 e. The van der Waals surface area contributed by atoms with Crippen molar-refractivity contribution in [3.05, 3.63) is 96.1 Å². The predicted molar refractivity (Wildman–Crippen MR) is 104 cm³/mol. The SMILES string of the molecule is COc1ccc(C(=O)c2cc3ccccc3cc2-c2cccnc2)cc1F. The minimum atomic E-state index is -0.563. The molecule has 0 saturated heterocycles. The molecule has 4 rings (SSSR count). The van der Waals surface area contributed by atoms with Crippen molar-refractivity contribution in [2.75, 3.05) is 7.11 Å². The van der Waals surface area contributed by atoms with Crippen LogP contribution in [0.4, 0.5) is 4.39 Å². The van der Waals surface area contributed by atoms with E-state index in [1.165, 1.54) is 19.2 Å². The van der Waals surface area contributed by atoms with Gasteiger partial charge in [-0.1, -0.05) is 30.3 Å². The molecule has 4 heteroatoms. The zero-order chi connectivity index (χ0) is 18.8. The van der Waals surface area contributed by atoms with E-state index in [9.17, 15) is 9.18 Å². The standard InChI is InChI=1S/C23H16FNO2/c1-27-22-9-8-17(13-21(22)24)23(26)20-12-16-6-3-2-5-15(16)11-19(20)18-7-4-10-25-14-18/h2-14H,1H3. The molecule has 0 bridgehead atoms. The normalized spacial score (nSPS) is 10.7. The second-order valence-corrected chi connectivity index (χ2v) is 6.17. The number of carbonyl (C=O) groups is 1. The molecule has 1 aromatic heterocycles. The van der Waals surface area contributed by atoms with E-state index in [4.69, 9.17) is 4.74 Å². The molecular weight excluding hydrogens is 341 g/mol. The maximum Gasteiger partial charge on any atom is 0.193 e. The van der Waals surface area contributed by atoms with Crippen LogP contribution in [0.25, 0.3) is 21.9 Å². The van der Waals surface area contributed by atoms with Gasteiger partial charge in [-0.3, -0.25) is 9.78 Å². The van der Waals surface area contributed by atoms with E-state index < -0.39 is 5.82 Å². The van der Waals surface area contributed by atoms with Crippen LogP contribution >= 0.6 is 0 Å². The topological polar surface area (TPSA) is 39.2 Å². The highest BCUT2D eigenvalue weighted by molar-refractivity contribution is 6.15. The first-order valence-electron chi connectivity index (χ1n) is 8.49. The van der Waals surface area contributed by atoms with Gasteiger partial charge in [0.1, 0.15) is 0 Å². The Morgan fingerprint density at radius 2 is 1.74 bits per heavy atom. The maximum absolute atomic E-state index is 14.1. The molecule has 0 aliphatic heterocycles. The van der Waals surface area contributed by atoms with Gasteiger partial charge in [0.05, 0.1) is 7.11 Å². The van der Waals surface area contributed by atoms with Crippen LogP contribution in [-0.4, -0.2) is 17.9 Å². The van der Waals surface area contributed by atoms with E-state index in [0.717, 1.165) is 21.9 Å². The second kappa shape index (κ2) is 7.00. The third-order valence-corrected chi connectivity index (χ3v) is 4.52. The molecule has 4 aromatic rings. The van der Waals surface area contributed by atoms with Crippen LogP contribution in [0.3, 0.4) is 0 Å². The highest BCUT2D eigenvalue weighted by atomic mass is 19.1. The number of halogens is 1. The Hall–Kier alpha value is -3.53. The summed E-state index contributed by atoms with van der Waals surface area (Å²) in [5.41, 5.74) is 2.38. The Morgan fingerprint density at radius 3 is 2.41 bits per heavy atom. The van der Waals surface area contributed by atoms with Gasteiger partial charge in [0.25, 0.3) is 0 Å². The highest BCUT2D eigenvalue weighted by Gasteiger charge is 2.18. The number of fused-ring (bicyclic) bond motifs is 1. The van der Waals surface area contributed by atoms with Gasteiger partial charge in [-0.15, -0.1) is 0 Å². The van der Waals surface area contributed by atoms with Gasteiger partial charge >= 0.3 is 0 Å². The van der Waals surface area contributed by atoms with Gasteiger partial charge in [-0.25, -0.2) is 4.39 Å². The van der Waals surface area contributed by atoms with Crippen molar-refractivity contribution in [2.45, 2.75) is 0 Å². The lowest BCUT2D eigenvalue weighted by Gasteiger charge is -2.12. The number of ketones is 1. The molecule has 0 aliphatic carbocycles. The average molecular weight is 357 g/mol. The van der Waals surface area contributed by atoms with Gasteiger partial charge < -0.3 is 4.74 Å². The summed E-state index contributed by atoms with van der Waals surface area (Å²) in [6.07, 6.45) is 3.40. The number of rotatable bonds is 4. The van der Waals surface area contributed by atoms with E-state index in [-0.39, 0.29) is 17.1 Å². The molecule has 0 amide bonds. The summed E-state index contributed by atoms with van der Waals surface area (Å²) in [4.78, 5) is 17.4. The molecule has 0 atom stereocenters. The van der Waals surface area contributed by atoms with E-state index in [1.807, 2.05) is 48.5 Å². The third kappa shape index (κ3) is 3.17. The van der Waals surface area contributed by atoms with Gasteiger partial charge in [0.2, 0.25) is 0 Å². The first kappa shape index (κ1) is 16.9. The van der Waals surface area contributed by atoms with E-state index in [2.05, 4.69) is 4.98 Å². The Balaban J connectivity index is 1.91. The molecular formula is C23H16FNO2. The van der Waals surface area contributed by atoms with Crippen molar-refractivity contribution in [3.63, 3.8) is 0 Å². The minimum Gasteiger partial charge on any atom is -0.494 e. The fourth-order valence-corrected chi connectivity index (χ4v) is 3.15. The molecule has 0 spiro atoms. The summed E-state index contributed by atoms with van der Waals surface area (Å²) < 4.78 is 19.1. The molecule has 0 fully saturated rings. The number of carbonyl (C=O) groups excluding carboxylic acids is 1. The molecule has 0 saturated carbocycles. The van der Waals surface area contributed by atoms with E-state index in [0.29, 0.717) is 5.56 Å². The Bertz CT molecular complexity index is 1140. The molecule has 132 valence electrons. The van der Waals surface area contributed by atoms with Crippen LogP contribution in [0.15, 0.2) is 79.1 Å². The lowest BCUT2D eigenvalue weighted by atomic mass is 9.91. The van der Waals surface area contributed by atoms with Crippen LogP contribution < -0.4 is 4.74 Å². The monoisotopic (exact) mass is 357 g/mol. The molecule has 27 heavy (non-hydrogen) atoms. The number of benzene rings is 3. The fraction of sp³-hybridized carbons (Fsp3) is 0.0435. The first-order valence-corrected chi connectivity index (χ1v) is 8.49. The number of methoxy groups -OCH3 is 1. The first-order chi connectivity index (χ1) is 13.2. The molecule has 3 nitrogen and oxygen atoms in total. The average Bonchev–Trinajstić information content (AvgIpc) is 2.73. The highest BCUT2D eigenvalue weighted by Crippen LogP contribution is 2.31. The predicted octanol–water partition coefficient (Wildman–Crippen LogP) is 5.28. The maximum atomic E-state index is 14.1. The number of pyridine rings is 1. The minimum absolute atomic E-state index is 0.109. The van der Waals surface area contributed by atoms with Crippen LogP contribution in [-0.2, 0) is 0 Å². The summed E-state index contributed by atoms with van der Waals surface area (Å²) in [6, 6.07) is 19.6. The van der Waals surface area contributed by atoms with Gasteiger partial charge in [-0.05, 0) is 52.7 Å².